The molecular weight excluding hydrogens is 186 g/mol. The molecule has 3 heteroatoms. The van der Waals surface area contributed by atoms with Gasteiger partial charge in [0, 0.05) is 5.54 Å². The molecule has 3 nitrogen and oxygen atoms in total. The summed E-state index contributed by atoms with van der Waals surface area (Å²) in [5.41, 5.74) is -0.575. The summed E-state index contributed by atoms with van der Waals surface area (Å²) in [7, 11) is 0. The Kier molecular flexibility index (Phi) is 3.75. The number of hydrogen-bond acceptors (Lipinski definition) is 3. The normalized spacial score (nSPS) is 22.1. The van der Waals surface area contributed by atoms with E-state index in [4.69, 9.17) is 5.84 Å². The van der Waals surface area contributed by atoms with Crippen LogP contribution in [0.15, 0.2) is 0 Å². The molecule has 0 unspecified atom stereocenters. The van der Waals surface area contributed by atoms with Gasteiger partial charge in [-0.25, -0.2) is 5.01 Å². The zero-order chi connectivity index (χ0) is 11.5. The second kappa shape index (κ2) is 4.51. The number of hydrazine groups is 1. The van der Waals surface area contributed by atoms with E-state index in [0.717, 1.165) is 25.7 Å². The minimum atomic E-state index is -0.436. The summed E-state index contributed by atoms with van der Waals surface area (Å²) in [6, 6.07) is 2.46. The Bertz CT molecular complexity index is 239. The Hall–Kier alpha value is -0.590. The van der Waals surface area contributed by atoms with Gasteiger partial charge in [-0.05, 0) is 33.6 Å². The van der Waals surface area contributed by atoms with E-state index in [0.29, 0.717) is 0 Å². The van der Waals surface area contributed by atoms with E-state index in [9.17, 15) is 5.26 Å². The Balaban J connectivity index is 2.88. The third kappa shape index (κ3) is 2.70. The highest BCUT2D eigenvalue weighted by molar-refractivity contribution is 5.10. The number of hydrogen-bond donors (Lipinski definition) is 1. The van der Waals surface area contributed by atoms with Crippen molar-refractivity contribution in [2.24, 2.45) is 5.84 Å². The zero-order valence-corrected chi connectivity index (χ0v) is 10.2. The van der Waals surface area contributed by atoms with Gasteiger partial charge in [-0.3, -0.25) is 5.84 Å². The minimum absolute atomic E-state index is 0.139. The molecule has 1 rings (SSSR count). The summed E-state index contributed by atoms with van der Waals surface area (Å²) in [4.78, 5) is 0. The van der Waals surface area contributed by atoms with Crippen molar-refractivity contribution >= 4 is 0 Å². The lowest BCUT2D eigenvalue weighted by Gasteiger charge is -2.43. The first-order valence-corrected chi connectivity index (χ1v) is 5.89. The average Bonchev–Trinajstić information content (AvgIpc) is 2.41. The third-order valence-electron chi connectivity index (χ3n) is 3.32. The lowest BCUT2D eigenvalue weighted by Crippen LogP contribution is -2.60. The van der Waals surface area contributed by atoms with E-state index >= 15 is 0 Å². The maximum Gasteiger partial charge on any atom is 0.122 e. The van der Waals surface area contributed by atoms with Crippen LogP contribution in [0.4, 0.5) is 0 Å². The maximum absolute atomic E-state index is 9.43. The number of rotatable bonds is 1. The topological polar surface area (TPSA) is 53.0 Å². The molecule has 0 aromatic heterocycles. The molecule has 0 spiro atoms. The largest absolute Gasteiger partial charge is 0.267 e. The van der Waals surface area contributed by atoms with Crippen LogP contribution in [0.2, 0.25) is 0 Å². The highest BCUT2D eigenvalue weighted by Crippen LogP contribution is 2.33. The highest BCUT2D eigenvalue weighted by Gasteiger charge is 2.40. The van der Waals surface area contributed by atoms with E-state index in [2.05, 4.69) is 26.8 Å². The summed E-state index contributed by atoms with van der Waals surface area (Å²) in [5.74, 6) is 6.15. The van der Waals surface area contributed by atoms with Crippen LogP contribution in [-0.2, 0) is 0 Å². The molecule has 0 aliphatic heterocycles. The smallest absolute Gasteiger partial charge is 0.122 e. The van der Waals surface area contributed by atoms with Gasteiger partial charge in [0.15, 0.2) is 0 Å². The van der Waals surface area contributed by atoms with Crippen molar-refractivity contribution in [2.75, 3.05) is 0 Å². The molecule has 1 aliphatic rings. The molecule has 0 atom stereocenters. The van der Waals surface area contributed by atoms with E-state index in [-0.39, 0.29) is 5.54 Å². The quantitative estimate of drug-likeness (QED) is 0.410. The highest BCUT2D eigenvalue weighted by atomic mass is 15.5. The fourth-order valence-corrected chi connectivity index (χ4v) is 2.36. The Labute approximate surface area is 93.2 Å². The van der Waals surface area contributed by atoms with E-state index < -0.39 is 5.54 Å². The first kappa shape index (κ1) is 12.5. The van der Waals surface area contributed by atoms with Crippen LogP contribution in [0.25, 0.3) is 0 Å². The molecule has 15 heavy (non-hydrogen) atoms. The molecule has 1 aliphatic carbocycles. The molecule has 2 N–H and O–H groups in total. The molecule has 86 valence electrons. The monoisotopic (exact) mass is 209 g/mol. The number of nitriles is 1. The predicted octanol–water partition coefficient (Wildman–Crippen LogP) is 2.58. The van der Waals surface area contributed by atoms with Gasteiger partial charge in [0.25, 0.3) is 0 Å². The van der Waals surface area contributed by atoms with Gasteiger partial charge >= 0.3 is 0 Å². The van der Waals surface area contributed by atoms with Gasteiger partial charge < -0.3 is 0 Å². The Morgan fingerprint density at radius 1 is 1.13 bits per heavy atom. The Morgan fingerprint density at radius 3 is 1.93 bits per heavy atom. The van der Waals surface area contributed by atoms with E-state index in [1.54, 1.807) is 5.01 Å². The Morgan fingerprint density at radius 2 is 1.60 bits per heavy atom. The zero-order valence-electron chi connectivity index (χ0n) is 10.2. The van der Waals surface area contributed by atoms with Crippen molar-refractivity contribution in [3.8, 4) is 6.07 Å². The molecule has 1 fully saturated rings. The molecule has 0 saturated heterocycles. The van der Waals surface area contributed by atoms with Crippen molar-refractivity contribution in [1.29, 1.82) is 5.26 Å². The van der Waals surface area contributed by atoms with Gasteiger partial charge in [-0.1, -0.05) is 25.7 Å². The molecule has 1 saturated carbocycles. The van der Waals surface area contributed by atoms with Gasteiger partial charge in [-0.2, -0.15) is 5.26 Å². The predicted molar refractivity (Wildman–Crippen MR) is 61.8 cm³/mol. The average molecular weight is 209 g/mol. The summed E-state index contributed by atoms with van der Waals surface area (Å²) in [5, 5.41) is 11.2. The van der Waals surface area contributed by atoms with Crippen LogP contribution in [0.1, 0.15) is 59.3 Å². The molecule has 0 aromatic carbocycles. The van der Waals surface area contributed by atoms with E-state index in [1.807, 2.05) is 0 Å². The number of nitrogens with zero attached hydrogens (tertiary/aromatic N) is 2. The van der Waals surface area contributed by atoms with Gasteiger partial charge in [0.1, 0.15) is 5.54 Å². The van der Waals surface area contributed by atoms with Crippen LogP contribution in [0.5, 0.6) is 0 Å². The second-order valence-electron chi connectivity index (χ2n) is 5.60. The summed E-state index contributed by atoms with van der Waals surface area (Å²) < 4.78 is 0. The van der Waals surface area contributed by atoms with Crippen LogP contribution < -0.4 is 5.84 Å². The van der Waals surface area contributed by atoms with E-state index in [1.165, 1.54) is 12.8 Å². The fourth-order valence-electron chi connectivity index (χ4n) is 2.36. The lowest BCUT2D eigenvalue weighted by atomic mass is 9.87. The summed E-state index contributed by atoms with van der Waals surface area (Å²) >= 11 is 0. The molecule has 0 aromatic rings. The minimum Gasteiger partial charge on any atom is -0.267 e. The lowest BCUT2D eigenvalue weighted by molar-refractivity contribution is 0.0286. The van der Waals surface area contributed by atoms with Gasteiger partial charge in [-0.15, -0.1) is 0 Å². The van der Waals surface area contributed by atoms with Crippen molar-refractivity contribution in [3.05, 3.63) is 0 Å². The molecular formula is C12H23N3. The van der Waals surface area contributed by atoms with Crippen LogP contribution >= 0.6 is 0 Å². The third-order valence-corrected chi connectivity index (χ3v) is 3.32. The second-order valence-corrected chi connectivity index (χ2v) is 5.60. The SMILES string of the molecule is CC(C)(C)N(N)C1(C#N)CCCCCC1. The van der Waals surface area contributed by atoms with Crippen molar-refractivity contribution in [2.45, 2.75) is 70.4 Å². The van der Waals surface area contributed by atoms with Gasteiger partial charge in [0.2, 0.25) is 0 Å². The fraction of sp³-hybridized carbons (Fsp3) is 0.917. The van der Waals surface area contributed by atoms with Crippen LogP contribution in [0.3, 0.4) is 0 Å². The van der Waals surface area contributed by atoms with Crippen molar-refractivity contribution in [1.82, 2.24) is 5.01 Å². The van der Waals surface area contributed by atoms with Crippen LogP contribution in [0, 0.1) is 11.3 Å². The molecule has 0 heterocycles. The van der Waals surface area contributed by atoms with Crippen molar-refractivity contribution < 1.29 is 0 Å². The number of nitrogens with two attached hydrogens (primary N) is 1. The molecule has 0 radical (unpaired) electrons. The maximum atomic E-state index is 9.43. The first-order valence-electron chi connectivity index (χ1n) is 5.89. The summed E-state index contributed by atoms with van der Waals surface area (Å²) in [6.07, 6.45) is 6.55. The van der Waals surface area contributed by atoms with Gasteiger partial charge in [0.05, 0.1) is 6.07 Å². The standard InChI is InChI=1S/C12H23N3/c1-11(2,3)15(14)12(10-13)8-6-4-5-7-9-12/h4-9,14H2,1-3H3. The molecule has 0 bridgehead atoms. The van der Waals surface area contributed by atoms with Crippen molar-refractivity contribution in [3.63, 3.8) is 0 Å². The first-order chi connectivity index (χ1) is 6.92. The summed E-state index contributed by atoms with van der Waals surface area (Å²) in [6.45, 7) is 6.20. The van der Waals surface area contributed by atoms with Crippen LogP contribution in [-0.4, -0.2) is 16.1 Å². The molecule has 0 amide bonds.